The van der Waals surface area contributed by atoms with E-state index in [9.17, 15) is 0 Å². The summed E-state index contributed by atoms with van der Waals surface area (Å²) in [5.74, 6) is 1.80. The summed E-state index contributed by atoms with van der Waals surface area (Å²) >= 11 is 0. The lowest BCUT2D eigenvalue weighted by Gasteiger charge is -2.28. The maximum absolute atomic E-state index is 6.03. The normalized spacial score (nSPS) is 21.5. The van der Waals surface area contributed by atoms with Crippen LogP contribution in [0, 0.1) is 5.92 Å². The lowest BCUT2D eigenvalue weighted by atomic mass is 10.0. The number of para-hydroxylation sites is 1. The molecule has 0 radical (unpaired) electrons. The third-order valence-electron chi connectivity index (χ3n) is 4.18. The molecule has 0 spiro atoms. The zero-order valence-electron chi connectivity index (χ0n) is 12.1. The minimum absolute atomic E-state index is 0.290. The summed E-state index contributed by atoms with van der Waals surface area (Å²) in [6.07, 6.45) is 3.92. The van der Waals surface area contributed by atoms with Gasteiger partial charge in [-0.3, -0.25) is 4.90 Å². The van der Waals surface area contributed by atoms with Crippen LogP contribution in [0.4, 0.5) is 0 Å². The highest BCUT2D eigenvalue weighted by molar-refractivity contribution is 5.36. The number of methoxy groups -OCH3 is 1. The molecule has 0 bridgehead atoms. The highest BCUT2D eigenvalue weighted by Crippen LogP contribution is 2.33. The van der Waals surface area contributed by atoms with E-state index in [1.807, 2.05) is 12.1 Å². The van der Waals surface area contributed by atoms with E-state index in [0.717, 1.165) is 18.2 Å². The molecule has 1 aliphatic heterocycles. The Bertz CT molecular complexity index is 394. The molecular formula is C16H26N2O. The second-order valence-corrected chi connectivity index (χ2v) is 5.43. The number of hydrogen-bond acceptors (Lipinski definition) is 3. The van der Waals surface area contributed by atoms with Crippen molar-refractivity contribution in [2.24, 2.45) is 11.7 Å². The average molecular weight is 262 g/mol. The van der Waals surface area contributed by atoms with Crippen LogP contribution in [0.25, 0.3) is 0 Å². The van der Waals surface area contributed by atoms with Crippen molar-refractivity contribution in [2.45, 2.75) is 32.2 Å². The van der Waals surface area contributed by atoms with Gasteiger partial charge in [-0.1, -0.05) is 31.5 Å². The summed E-state index contributed by atoms with van der Waals surface area (Å²) in [6.45, 7) is 5.25. The van der Waals surface area contributed by atoms with Gasteiger partial charge in [0, 0.05) is 18.7 Å². The Morgan fingerprint density at radius 2 is 2.21 bits per heavy atom. The average Bonchev–Trinajstić information content (AvgIpc) is 2.89. The molecule has 0 saturated carbocycles. The van der Waals surface area contributed by atoms with Crippen molar-refractivity contribution in [2.75, 3.05) is 26.7 Å². The van der Waals surface area contributed by atoms with Crippen LogP contribution in [0.1, 0.15) is 37.8 Å². The van der Waals surface area contributed by atoms with Gasteiger partial charge in [-0.15, -0.1) is 0 Å². The maximum Gasteiger partial charge on any atom is 0.123 e. The molecule has 0 aliphatic carbocycles. The Labute approximate surface area is 116 Å². The molecule has 2 atom stereocenters. The number of nitrogens with two attached hydrogens (primary N) is 1. The molecule has 106 valence electrons. The molecule has 1 aliphatic rings. The topological polar surface area (TPSA) is 38.5 Å². The van der Waals surface area contributed by atoms with Crippen molar-refractivity contribution in [3.05, 3.63) is 29.8 Å². The summed E-state index contributed by atoms with van der Waals surface area (Å²) in [5.41, 5.74) is 7.26. The third-order valence-corrected chi connectivity index (χ3v) is 4.18. The molecule has 1 fully saturated rings. The Kier molecular flexibility index (Phi) is 5.23. The summed E-state index contributed by atoms with van der Waals surface area (Å²) < 4.78 is 5.48. The van der Waals surface area contributed by atoms with Crippen molar-refractivity contribution in [3.63, 3.8) is 0 Å². The predicted octanol–water partition coefficient (Wildman–Crippen LogP) is 2.82. The number of ether oxygens (including phenoxy) is 1. The molecule has 1 saturated heterocycles. The van der Waals surface area contributed by atoms with Crippen molar-refractivity contribution in [3.8, 4) is 5.75 Å². The maximum atomic E-state index is 6.03. The van der Waals surface area contributed by atoms with E-state index in [1.165, 1.54) is 31.4 Å². The van der Waals surface area contributed by atoms with Crippen LogP contribution in [0.3, 0.4) is 0 Å². The van der Waals surface area contributed by atoms with Crippen LogP contribution in [0.2, 0.25) is 0 Å². The largest absolute Gasteiger partial charge is 0.496 e. The molecular weight excluding hydrogens is 236 g/mol. The van der Waals surface area contributed by atoms with Gasteiger partial charge < -0.3 is 10.5 Å². The van der Waals surface area contributed by atoms with Gasteiger partial charge in [0.2, 0.25) is 0 Å². The molecule has 3 nitrogen and oxygen atoms in total. The number of benzene rings is 1. The van der Waals surface area contributed by atoms with Gasteiger partial charge in [0.25, 0.3) is 0 Å². The Morgan fingerprint density at radius 1 is 1.42 bits per heavy atom. The summed E-state index contributed by atoms with van der Waals surface area (Å²) in [6, 6.07) is 8.54. The number of hydrogen-bond donors (Lipinski definition) is 1. The molecule has 1 aromatic rings. The van der Waals surface area contributed by atoms with Gasteiger partial charge in [0.1, 0.15) is 5.75 Å². The molecule has 1 aromatic carbocycles. The summed E-state index contributed by atoms with van der Waals surface area (Å²) in [4.78, 5) is 2.53. The SMILES string of the molecule is CCCC1CCN(C(CN)c2ccccc2OC)C1. The second kappa shape index (κ2) is 6.92. The highest BCUT2D eigenvalue weighted by Gasteiger charge is 2.29. The number of rotatable bonds is 6. The van der Waals surface area contributed by atoms with Crippen LogP contribution in [-0.4, -0.2) is 31.6 Å². The van der Waals surface area contributed by atoms with Crippen LogP contribution < -0.4 is 10.5 Å². The van der Waals surface area contributed by atoms with Crippen LogP contribution in [-0.2, 0) is 0 Å². The van der Waals surface area contributed by atoms with E-state index in [0.29, 0.717) is 6.54 Å². The smallest absolute Gasteiger partial charge is 0.123 e. The first-order valence-electron chi connectivity index (χ1n) is 7.37. The van der Waals surface area contributed by atoms with Crippen molar-refractivity contribution in [1.29, 1.82) is 0 Å². The highest BCUT2D eigenvalue weighted by atomic mass is 16.5. The molecule has 0 amide bonds. The predicted molar refractivity (Wildman–Crippen MR) is 79.4 cm³/mol. The van der Waals surface area contributed by atoms with E-state index in [4.69, 9.17) is 10.5 Å². The summed E-state index contributed by atoms with van der Waals surface area (Å²) in [5, 5.41) is 0. The van der Waals surface area contributed by atoms with E-state index in [-0.39, 0.29) is 6.04 Å². The molecule has 2 unspecified atom stereocenters. The van der Waals surface area contributed by atoms with Gasteiger partial charge >= 0.3 is 0 Å². The van der Waals surface area contributed by atoms with Gasteiger partial charge in [-0.25, -0.2) is 0 Å². The van der Waals surface area contributed by atoms with Crippen LogP contribution >= 0.6 is 0 Å². The van der Waals surface area contributed by atoms with Gasteiger partial charge in [0.05, 0.1) is 13.2 Å². The van der Waals surface area contributed by atoms with E-state index in [1.54, 1.807) is 7.11 Å². The van der Waals surface area contributed by atoms with Gasteiger partial charge in [-0.05, 0) is 31.4 Å². The molecule has 1 heterocycles. The molecule has 2 N–H and O–H groups in total. The number of likely N-dealkylation sites (tertiary alicyclic amines) is 1. The minimum atomic E-state index is 0.290. The minimum Gasteiger partial charge on any atom is -0.496 e. The zero-order valence-corrected chi connectivity index (χ0v) is 12.1. The number of nitrogens with zero attached hydrogens (tertiary/aromatic N) is 1. The monoisotopic (exact) mass is 262 g/mol. The molecule has 2 rings (SSSR count). The van der Waals surface area contributed by atoms with Crippen molar-refractivity contribution < 1.29 is 4.74 Å². The van der Waals surface area contributed by atoms with E-state index >= 15 is 0 Å². The quantitative estimate of drug-likeness (QED) is 0.856. The lowest BCUT2D eigenvalue weighted by molar-refractivity contribution is 0.234. The first kappa shape index (κ1) is 14.4. The van der Waals surface area contributed by atoms with Crippen molar-refractivity contribution >= 4 is 0 Å². The standard InChI is InChI=1S/C16H26N2O/c1-3-6-13-9-10-18(12-13)15(11-17)14-7-4-5-8-16(14)19-2/h4-5,7-8,13,15H,3,6,9-12,17H2,1-2H3. The fourth-order valence-corrected chi connectivity index (χ4v) is 3.20. The fourth-order valence-electron chi connectivity index (χ4n) is 3.20. The Balaban J connectivity index is 2.12. The summed E-state index contributed by atoms with van der Waals surface area (Å²) in [7, 11) is 1.73. The van der Waals surface area contributed by atoms with E-state index < -0.39 is 0 Å². The fraction of sp³-hybridized carbons (Fsp3) is 0.625. The van der Waals surface area contributed by atoms with E-state index in [2.05, 4.69) is 24.0 Å². The van der Waals surface area contributed by atoms with Crippen LogP contribution in [0.15, 0.2) is 24.3 Å². The molecule has 3 heteroatoms. The first-order valence-corrected chi connectivity index (χ1v) is 7.37. The molecule has 0 aromatic heterocycles. The second-order valence-electron chi connectivity index (χ2n) is 5.43. The third kappa shape index (κ3) is 3.28. The Morgan fingerprint density at radius 3 is 2.89 bits per heavy atom. The first-order chi connectivity index (χ1) is 9.30. The van der Waals surface area contributed by atoms with Crippen LogP contribution in [0.5, 0.6) is 5.75 Å². The molecule has 19 heavy (non-hydrogen) atoms. The van der Waals surface area contributed by atoms with Gasteiger partial charge in [-0.2, -0.15) is 0 Å². The van der Waals surface area contributed by atoms with Crippen molar-refractivity contribution in [1.82, 2.24) is 4.90 Å². The van der Waals surface area contributed by atoms with Gasteiger partial charge in [0.15, 0.2) is 0 Å². The zero-order chi connectivity index (χ0) is 13.7. The Hall–Kier alpha value is -1.06. The lowest BCUT2D eigenvalue weighted by Crippen LogP contribution is -2.32.